The molecular weight excluding hydrogens is 376 g/mol. The summed E-state index contributed by atoms with van der Waals surface area (Å²) < 4.78 is 14.3. The molecule has 0 saturated heterocycles. The smallest absolute Gasteiger partial charge is 0.124 e. The van der Waals surface area contributed by atoms with Gasteiger partial charge in [-0.15, -0.1) is 0 Å². The molecule has 1 atom stereocenters. The Morgan fingerprint density at radius 1 is 1.10 bits per heavy atom. The highest BCUT2D eigenvalue weighted by Crippen LogP contribution is 2.28. The van der Waals surface area contributed by atoms with E-state index in [1.165, 1.54) is 16.7 Å². The Hall–Kier alpha value is -0.940. The van der Waals surface area contributed by atoms with Crippen molar-refractivity contribution >= 4 is 22.6 Å². The second-order valence-corrected chi connectivity index (χ2v) is 6.64. The molecule has 21 heavy (non-hydrogen) atoms. The number of nitrogens with one attached hydrogen (secondary N) is 1. The number of halogens is 2. The van der Waals surface area contributed by atoms with E-state index in [4.69, 9.17) is 0 Å². The lowest BCUT2D eigenvalue weighted by atomic mass is 9.95. The van der Waals surface area contributed by atoms with Gasteiger partial charge in [0, 0.05) is 3.57 Å². The molecule has 0 saturated carbocycles. The monoisotopic (exact) mass is 397 g/mol. The standard InChI is InChI=1S/C18H21FIN/c1-4-7-21-18(14-9-12(2)8-13(3)10-14)16-6-5-15(19)11-17(16)20/h5-6,8-11,18,21H,4,7H2,1-3H3. The summed E-state index contributed by atoms with van der Waals surface area (Å²) in [6, 6.07) is 11.7. The molecule has 2 rings (SSSR count). The van der Waals surface area contributed by atoms with Crippen LogP contribution in [0.15, 0.2) is 36.4 Å². The second-order valence-electron chi connectivity index (χ2n) is 5.47. The van der Waals surface area contributed by atoms with E-state index in [0.717, 1.165) is 22.1 Å². The Morgan fingerprint density at radius 3 is 2.33 bits per heavy atom. The first-order chi connectivity index (χ1) is 10.0. The Morgan fingerprint density at radius 2 is 1.76 bits per heavy atom. The van der Waals surface area contributed by atoms with Gasteiger partial charge >= 0.3 is 0 Å². The summed E-state index contributed by atoms with van der Waals surface area (Å²) in [5, 5.41) is 3.59. The van der Waals surface area contributed by atoms with Gasteiger partial charge in [-0.05, 0) is 72.7 Å². The zero-order chi connectivity index (χ0) is 15.4. The van der Waals surface area contributed by atoms with Crippen LogP contribution in [0.25, 0.3) is 0 Å². The number of rotatable bonds is 5. The van der Waals surface area contributed by atoms with Crippen LogP contribution in [0.3, 0.4) is 0 Å². The van der Waals surface area contributed by atoms with Crippen molar-refractivity contribution in [2.24, 2.45) is 0 Å². The molecule has 0 aliphatic heterocycles. The molecule has 0 fully saturated rings. The van der Waals surface area contributed by atoms with Crippen molar-refractivity contribution < 1.29 is 4.39 Å². The zero-order valence-electron chi connectivity index (χ0n) is 12.7. The highest BCUT2D eigenvalue weighted by molar-refractivity contribution is 14.1. The fourth-order valence-electron chi connectivity index (χ4n) is 2.61. The number of hydrogen-bond donors (Lipinski definition) is 1. The molecule has 0 bridgehead atoms. The van der Waals surface area contributed by atoms with Gasteiger partial charge in [0.05, 0.1) is 6.04 Å². The molecule has 0 aliphatic rings. The molecule has 0 aliphatic carbocycles. The van der Waals surface area contributed by atoms with Gasteiger partial charge in [0.1, 0.15) is 5.82 Å². The van der Waals surface area contributed by atoms with Crippen LogP contribution in [-0.2, 0) is 0 Å². The van der Waals surface area contributed by atoms with Crippen LogP contribution >= 0.6 is 22.6 Å². The largest absolute Gasteiger partial charge is 0.306 e. The zero-order valence-corrected chi connectivity index (χ0v) is 14.9. The molecule has 3 heteroatoms. The lowest BCUT2D eigenvalue weighted by Gasteiger charge is -2.22. The molecule has 112 valence electrons. The third-order valence-electron chi connectivity index (χ3n) is 3.45. The Balaban J connectivity index is 2.46. The van der Waals surface area contributed by atoms with Crippen molar-refractivity contribution in [2.75, 3.05) is 6.54 Å². The van der Waals surface area contributed by atoms with Crippen molar-refractivity contribution in [1.29, 1.82) is 0 Å². The maximum atomic E-state index is 13.4. The van der Waals surface area contributed by atoms with Crippen LogP contribution in [-0.4, -0.2) is 6.54 Å². The third-order valence-corrected chi connectivity index (χ3v) is 4.38. The minimum atomic E-state index is -0.183. The van der Waals surface area contributed by atoms with Crippen molar-refractivity contribution in [1.82, 2.24) is 5.32 Å². The number of benzene rings is 2. The second kappa shape index (κ2) is 7.36. The first-order valence-electron chi connectivity index (χ1n) is 7.27. The predicted molar refractivity (Wildman–Crippen MR) is 95.2 cm³/mol. The Labute approximate surface area is 140 Å². The summed E-state index contributed by atoms with van der Waals surface area (Å²) in [6.07, 6.45) is 1.07. The van der Waals surface area contributed by atoms with Crippen LogP contribution in [0.5, 0.6) is 0 Å². The highest BCUT2D eigenvalue weighted by Gasteiger charge is 2.17. The van der Waals surface area contributed by atoms with Gasteiger partial charge in [-0.25, -0.2) is 4.39 Å². The first kappa shape index (κ1) is 16.4. The molecule has 0 aromatic heterocycles. The predicted octanol–water partition coefficient (Wildman–Crippen LogP) is 5.14. The van der Waals surface area contributed by atoms with E-state index >= 15 is 0 Å². The molecule has 0 amide bonds. The average molecular weight is 397 g/mol. The van der Waals surface area contributed by atoms with E-state index in [9.17, 15) is 4.39 Å². The minimum Gasteiger partial charge on any atom is -0.306 e. The molecule has 2 aromatic carbocycles. The van der Waals surface area contributed by atoms with Crippen LogP contribution in [0.4, 0.5) is 4.39 Å². The fraction of sp³-hybridized carbons (Fsp3) is 0.333. The Bertz CT molecular complexity index is 604. The lowest BCUT2D eigenvalue weighted by Crippen LogP contribution is -2.24. The van der Waals surface area contributed by atoms with Gasteiger partial charge in [-0.2, -0.15) is 0 Å². The van der Waals surface area contributed by atoms with Gasteiger partial charge in [0.15, 0.2) is 0 Å². The average Bonchev–Trinajstić information content (AvgIpc) is 2.40. The van der Waals surface area contributed by atoms with Crippen molar-refractivity contribution in [3.63, 3.8) is 0 Å². The van der Waals surface area contributed by atoms with Gasteiger partial charge < -0.3 is 5.32 Å². The quantitative estimate of drug-likeness (QED) is 0.690. The van der Waals surface area contributed by atoms with Crippen molar-refractivity contribution in [3.8, 4) is 0 Å². The SMILES string of the molecule is CCCNC(c1cc(C)cc(C)c1)c1ccc(F)cc1I. The first-order valence-corrected chi connectivity index (χ1v) is 8.35. The summed E-state index contributed by atoms with van der Waals surface area (Å²) in [4.78, 5) is 0. The summed E-state index contributed by atoms with van der Waals surface area (Å²) in [7, 11) is 0. The molecule has 1 N–H and O–H groups in total. The summed E-state index contributed by atoms with van der Waals surface area (Å²) in [6.45, 7) is 7.32. The number of hydrogen-bond acceptors (Lipinski definition) is 1. The van der Waals surface area contributed by atoms with Crippen LogP contribution in [0.1, 0.15) is 41.6 Å². The lowest BCUT2D eigenvalue weighted by molar-refractivity contribution is 0.590. The van der Waals surface area contributed by atoms with Gasteiger partial charge in [-0.3, -0.25) is 0 Å². The van der Waals surface area contributed by atoms with E-state index in [1.807, 2.05) is 6.07 Å². The van der Waals surface area contributed by atoms with Gasteiger partial charge in [0.2, 0.25) is 0 Å². The fourth-order valence-corrected chi connectivity index (χ4v) is 3.40. The molecule has 1 nitrogen and oxygen atoms in total. The van der Waals surface area contributed by atoms with E-state index in [0.29, 0.717) is 0 Å². The van der Waals surface area contributed by atoms with E-state index in [2.05, 4.69) is 66.9 Å². The summed E-state index contributed by atoms with van der Waals surface area (Å²) in [5.41, 5.74) is 4.89. The molecule has 0 heterocycles. The van der Waals surface area contributed by atoms with E-state index < -0.39 is 0 Å². The van der Waals surface area contributed by atoms with Gasteiger partial charge in [-0.1, -0.05) is 42.3 Å². The molecule has 0 spiro atoms. The molecule has 1 unspecified atom stereocenters. The van der Waals surface area contributed by atoms with Crippen molar-refractivity contribution in [3.05, 3.63) is 68.0 Å². The van der Waals surface area contributed by atoms with E-state index in [1.54, 1.807) is 12.1 Å². The maximum Gasteiger partial charge on any atom is 0.124 e. The highest BCUT2D eigenvalue weighted by atomic mass is 127. The topological polar surface area (TPSA) is 12.0 Å². The minimum absolute atomic E-state index is 0.107. The van der Waals surface area contributed by atoms with Gasteiger partial charge in [0.25, 0.3) is 0 Å². The molecular formula is C18H21FIN. The summed E-state index contributed by atoms with van der Waals surface area (Å²) in [5.74, 6) is -0.183. The Kier molecular flexibility index (Phi) is 5.76. The van der Waals surface area contributed by atoms with E-state index in [-0.39, 0.29) is 11.9 Å². The van der Waals surface area contributed by atoms with Crippen molar-refractivity contribution in [2.45, 2.75) is 33.2 Å². The third kappa shape index (κ3) is 4.27. The van der Waals surface area contributed by atoms with Crippen LogP contribution in [0.2, 0.25) is 0 Å². The summed E-state index contributed by atoms with van der Waals surface area (Å²) >= 11 is 2.22. The van der Waals surface area contributed by atoms with Crippen LogP contribution in [0, 0.1) is 23.2 Å². The number of aryl methyl sites for hydroxylation is 2. The molecule has 0 radical (unpaired) electrons. The maximum absolute atomic E-state index is 13.4. The normalized spacial score (nSPS) is 12.4. The molecule has 2 aromatic rings. The van der Waals surface area contributed by atoms with Crippen LogP contribution < -0.4 is 5.32 Å².